The number of nitrogens with zero attached hydrogens (tertiary/aromatic N) is 3. The maximum atomic E-state index is 6.61. The molecule has 4 heteroatoms. The van der Waals surface area contributed by atoms with Crippen LogP contribution in [0.5, 0.6) is 0 Å². The lowest BCUT2D eigenvalue weighted by Gasteiger charge is -2.11. The van der Waals surface area contributed by atoms with Crippen LogP contribution in [0.4, 0.5) is 0 Å². The number of pyridine rings is 1. The summed E-state index contributed by atoms with van der Waals surface area (Å²) in [7, 11) is 0. The van der Waals surface area contributed by atoms with Gasteiger partial charge in [-0.2, -0.15) is 0 Å². The Hall–Kier alpha value is -7.43. The van der Waals surface area contributed by atoms with Crippen LogP contribution in [0.15, 0.2) is 192 Å². The molecule has 0 spiro atoms. The molecule has 0 radical (unpaired) electrons. The molecule has 11 aromatic rings. The summed E-state index contributed by atoms with van der Waals surface area (Å²) in [6.45, 7) is 0. The maximum Gasteiger partial charge on any atom is 0.162 e. The number of para-hydroxylation sites is 1. The van der Waals surface area contributed by atoms with Crippen molar-refractivity contribution >= 4 is 54.4 Å². The van der Waals surface area contributed by atoms with E-state index in [0.717, 1.165) is 77.7 Å². The van der Waals surface area contributed by atoms with Crippen molar-refractivity contribution in [3.63, 3.8) is 0 Å². The van der Waals surface area contributed by atoms with Crippen LogP contribution in [0, 0.1) is 0 Å². The summed E-state index contributed by atoms with van der Waals surface area (Å²) in [5.41, 5.74) is 11.4. The molecule has 256 valence electrons. The van der Waals surface area contributed by atoms with Gasteiger partial charge in [0.05, 0.1) is 16.9 Å². The second-order valence-electron chi connectivity index (χ2n) is 14.0. The topological polar surface area (TPSA) is 51.8 Å². The number of benzene rings is 8. The van der Waals surface area contributed by atoms with E-state index in [1.807, 2.05) is 48.5 Å². The molecular formula is C51H31N3O. The zero-order valence-electron chi connectivity index (χ0n) is 29.6. The minimum Gasteiger partial charge on any atom is -0.454 e. The Morgan fingerprint density at radius 3 is 1.75 bits per heavy atom. The molecule has 8 aromatic carbocycles. The van der Waals surface area contributed by atoms with Gasteiger partial charge in [-0.05, 0) is 69.1 Å². The van der Waals surface area contributed by atoms with Gasteiger partial charge in [-0.3, -0.25) is 0 Å². The van der Waals surface area contributed by atoms with Gasteiger partial charge in [0.2, 0.25) is 0 Å². The molecule has 0 saturated carbocycles. The van der Waals surface area contributed by atoms with Gasteiger partial charge in [-0.1, -0.05) is 152 Å². The quantitative estimate of drug-likeness (QED) is 0.168. The highest BCUT2D eigenvalue weighted by atomic mass is 16.3. The van der Waals surface area contributed by atoms with Crippen molar-refractivity contribution in [2.75, 3.05) is 0 Å². The zero-order valence-corrected chi connectivity index (χ0v) is 29.6. The third kappa shape index (κ3) is 5.34. The first-order valence-corrected chi connectivity index (χ1v) is 18.5. The Balaban J connectivity index is 1.04. The third-order valence-electron chi connectivity index (χ3n) is 10.7. The average molecular weight is 702 g/mol. The smallest absolute Gasteiger partial charge is 0.162 e. The molecule has 0 fully saturated rings. The van der Waals surface area contributed by atoms with Crippen molar-refractivity contribution in [3.05, 3.63) is 188 Å². The average Bonchev–Trinajstić information content (AvgIpc) is 3.66. The van der Waals surface area contributed by atoms with Gasteiger partial charge in [0, 0.05) is 38.4 Å². The Morgan fingerprint density at radius 1 is 0.345 bits per heavy atom. The van der Waals surface area contributed by atoms with Gasteiger partial charge in [0.15, 0.2) is 11.4 Å². The first kappa shape index (κ1) is 31.1. The summed E-state index contributed by atoms with van der Waals surface area (Å²) in [6.07, 6.45) is 0. The monoisotopic (exact) mass is 701 g/mol. The van der Waals surface area contributed by atoms with Gasteiger partial charge >= 0.3 is 0 Å². The minimum atomic E-state index is 0.653. The molecule has 0 atom stereocenters. The van der Waals surface area contributed by atoms with E-state index >= 15 is 0 Å². The van der Waals surface area contributed by atoms with E-state index in [-0.39, 0.29) is 0 Å². The van der Waals surface area contributed by atoms with E-state index < -0.39 is 0 Å². The van der Waals surface area contributed by atoms with Crippen LogP contribution in [0.2, 0.25) is 0 Å². The maximum absolute atomic E-state index is 6.61. The molecule has 4 nitrogen and oxygen atoms in total. The summed E-state index contributed by atoms with van der Waals surface area (Å²) in [5.74, 6) is 0.653. The zero-order chi connectivity index (χ0) is 36.3. The molecule has 0 unspecified atom stereocenters. The summed E-state index contributed by atoms with van der Waals surface area (Å²) in [5, 5.41) is 8.13. The summed E-state index contributed by atoms with van der Waals surface area (Å²) in [4.78, 5) is 15.4. The van der Waals surface area contributed by atoms with E-state index in [4.69, 9.17) is 19.4 Å². The Morgan fingerprint density at radius 2 is 0.945 bits per heavy atom. The molecule has 0 aliphatic rings. The normalized spacial score (nSPS) is 11.6. The highest BCUT2D eigenvalue weighted by Gasteiger charge is 2.19. The van der Waals surface area contributed by atoms with Gasteiger partial charge in [0.25, 0.3) is 0 Å². The van der Waals surface area contributed by atoms with Crippen LogP contribution in [-0.4, -0.2) is 15.0 Å². The first-order chi connectivity index (χ1) is 27.2. The van der Waals surface area contributed by atoms with Crippen molar-refractivity contribution in [2.45, 2.75) is 0 Å². The number of hydrogen-bond acceptors (Lipinski definition) is 4. The number of hydrogen-bond donors (Lipinski definition) is 0. The fourth-order valence-corrected chi connectivity index (χ4v) is 7.92. The van der Waals surface area contributed by atoms with Crippen LogP contribution in [0.1, 0.15) is 0 Å². The number of furan rings is 1. The van der Waals surface area contributed by atoms with Crippen molar-refractivity contribution in [2.24, 2.45) is 0 Å². The van der Waals surface area contributed by atoms with Gasteiger partial charge < -0.3 is 4.42 Å². The van der Waals surface area contributed by atoms with Gasteiger partial charge in [-0.15, -0.1) is 0 Å². The highest BCUT2D eigenvalue weighted by molar-refractivity contribution is 6.21. The molecule has 55 heavy (non-hydrogen) atoms. The fraction of sp³-hybridized carbons (Fsp3) is 0. The number of rotatable bonds is 5. The summed E-state index contributed by atoms with van der Waals surface area (Å²) >= 11 is 0. The Labute approximate surface area is 317 Å². The van der Waals surface area contributed by atoms with Gasteiger partial charge in [-0.25, -0.2) is 15.0 Å². The van der Waals surface area contributed by atoms with E-state index in [2.05, 4.69) is 140 Å². The predicted molar refractivity (Wildman–Crippen MR) is 227 cm³/mol. The van der Waals surface area contributed by atoms with Crippen molar-refractivity contribution in [1.82, 2.24) is 15.0 Å². The molecule has 11 rings (SSSR count). The lowest BCUT2D eigenvalue weighted by Crippen LogP contribution is -1.96. The largest absolute Gasteiger partial charge is 0.454 e. The van der Waals surface area contributed by atoms with E-state index in [0.29, 0.717) is 5.82 Å². The summed E-state index contributed by atoms with van der Waals surface area (Å²) in [6, 6.07) is 65.6. The summed E-state index contributed by atoms with van der Waals surface area (Å²) < 4.78 is 6.61. The van der Waals surface area contributed by atoms with Crippen molar-refractivity contribution in [1.29, 1.82) is 0 Å². The molecule has 3 aromatic heterocycles. The number of fused-ring (bicyclic) bond motifs is 8. The van der Waals surface area contributed by atoms with E-state index in [1.54, 1.807) is 0 Å². The van der Waals surface area contributed by atoms with E-state index in [9.17, 15) is 0 Å². The minimum absolute atomic E-state index is 0.653. The standard InChI is InChI=1S/C51H31N3O/c1-3-12-34(13-4-1)45-31-46(35-22-19-32(20-23-35)37-25-27-41-38(29-37)24-21-33-11-7-8-16-40(33)41)54-51(53-45)39-26-28-47-43(30-39)48-42-17-9-10-18-44(42)52-49(50(48)55-47)36-14-5-2-6-15-36/h1-31H. The Kier molecular flexibility index (Phi) is 7.14. The Bertz CT molecular complexity index is 3240. The lowest BCUT2D eigenvalue weighted by atomic mass is 9.96. The van der Waals surface area contributed by atoms with Crippen LogP contribution in [0.25, 0.3) is 111 Å². The molecule has 0 saturated heterocycles. The predicted octanol–water partition coefficient (Wildman–Crippen LogP) is 13.6. The fourth-order valence-electron chi connectivity index (χ4n) is 7.92. The third-order valence-corrected chi connectivity index (χ3v) is 10.7. The van der Waals surface area contributed by atoms with Crippen molar-refractivity contribution in [3.8, 4) is 56.3 Å². The molecule has 0 amide bonds. The molecule has 3 heterocycles. The van der Waals surface area contributed by atoms with Crippen LogP contribution in [-0.2, 0) is 0 Å². The second-order valence-corrected chi connectivity index (χ2v) is 14.0. The number of aromatic nitrogens is 3. The van der Waals surface area contributed by atoms with Gasteiger partial charge in [0.1, 0.15) is 11.3 Å². The second kappa shape index (κ2) is 12.6. The SMILES string of the molecule is c1ccc(-c2cc(-c3ccc(-c4ccc5c(ccc6ccccc65)c4)cc3)nc(-c3ccc4oc5c(-c6ccccc6)nc6ccccc6c5c4c3)n2)cc1. The van der Waals surface area contributed by atoms with E-state index in [1.165, 1.54) is 27.1 Å². The molecular weight excluding hydrogens is 671 g/mol. The van der Waals surface area contributed by atoms with Crippen LogP contribution >= 0.6 is 0 Å². The van der Waals surface area contributed by atoms with Crippen LogP contribution < -0.4 is 0 Å². The lowest BCUT2D eigenvalue weighted by molar-refractivity contribution is 0.669. The van der Waals surface area contributed by atoms with Crippen LogP contribution in [0.3, 0.4) is 0 Å². The van der Waals surface area contributed by atoms with Crippen molar-refractivity contribution < 1.29 is 4.42 Å². The molecule has 0 bridgehead atoms. The first-order valence-electron chi connectivity index (χ1n) is 18.5. The molecule has 0 aliphatic heterocycles. The molecule has 0 aliphatic carbocycles. The highest BCUT2D eigenvalue weighted by Crippen LogP contribution is 2.41. The molecule has 0 N–H and O–H groups in total.